The minimum Gasteiger partial charge on any atom is -0.369 e. The van der Waals surface area contributed by atoms with Crippen molar-refractivity contribution >= 4 is 11.8 Å². The van der Waals surface area contributed by atoms with E-state index >= 15 is 0 Å². The number of anilines is 2. The van der Waals surface area contributed by atoms with E-state index < -0.39 is 0 Å². The molecule has 2 fully saturated rings. The first kappa shape index (κ1) is 18.4. The second kappa shape index (κ2) is 6.40. The second-order valence-corrected chi connectivity index (χ2v) is 8.81. The third kappa shape index (κ3) is 4.23. The smallest absolute Gasteiger partial charge is 0.227 e. The van der Waals surface area contributed by atoms with Crippen LogP contribution in [0.4, 0.5) is 11.8 Å². The number of aromatic nitrogens is 2. The van der Waals surface area contributed by atoms with Gasteiger partial charge in [-0.1, -0.05) is 0 Å². The molecule has 2 aliphatic heterocycles. The van der Waals surface area contributed by atoms with Crippen molar-refractivity contribution < 1.29 is 9.47 Å². The number of ether oxygens (including phenoxy) is 2. The minimum atomic E-state index is -0.193. The van der Waals surface area contributed by atoms with E-state index in [0.717, 1.165) is 43.5 Å². The SMILES string of the molecule is Cc1cnc(N2C[C@H](C)OC(C)(C)C2)nc1N1C[C@H](C)OC(C)(C)C1. The van der Waals surface area contributed by atoms with Gasteiger partial charge in [0.05, 0.1) is 23.4 Å². The van der Waals surface area contributed by atoms with Gasteiger partial charge in [0.25, 0.3) is 0 Å². The van der Waals surface area contributed by atoms with Crippen molar-refractivity contribution in [3.63, 3.8) is 0 Å². The van der Waals surface area contributed by atoms with E-state index in [0.29, 0.717) is 0 Å². The lowest BCUT2D eigenvalue weighted by Gasteiger charge is -2.43. The van der Waals surface area contributed by atoms with Gasteiger partial charge in [-0.05, 0) is 48.5 Å². The van der Waals surface area contributed by atoms with E-state index in [1.54, 1.807) is 0 Å². The normalized spacial score (nSPS) is 28.9. The van der Waals surface area contributed by atoms with Crippen LogP contribution < -0.4 is 9.80 Å². The van der Waals surface area contributed by atoms with Crippen molar-refractivity contribution in [1.29, 1.82) is 0 Å². The topological polar surface area (TPSA) is 50.7 Å². The van der Waals surface area contributed by atoms with Crippen LogP contribution in [-0.4, -0.2) is 59.6 Å². The van der Waals surface area contributed by atoms with Gasteiger partial charge in [0.15, 0.2) is 0 Å². The third-order valence-corrected chi connectivity index (χ3v) is 4.65. The van der Waals surface area contributed by atoms with Crippen LogP contribution in [0.3, 0.4) is 0 Å². The number of aryl methyl sites for hydroxylation is 1. The lowest BCUT2D eigenvalue weighted by Crippen LogP contribution is -2.53. The van der Waals surface area contributed by atoms with Crippen LogP contribution in [0.1, 0.15) is 47.1 Å². The number of hydrogen-bond acceptors (Lipinski definition) is 6. The van der Waals surface area contributed by atoms with Gasteiger partial charge < -0.3 is 19.3 Å². The van der Waals surface area contributed by atoms with E-state index in [9.17, 15) is 0 Å². The maximum atomic E-state index is 6.04. The molecule has 0 amide bonds. The summed E-state index contributed by atoms with van der Waals surface area (Å²) in [5, 5.41) is 0. The summed E-state index contributed by atoms with van der Waals surface area (Å²) < 4.78 is 12.1. The molecule has 3 rings (SSSR count). The van der Waals surface area contributed by atoms with Crippen LogP contribution in [0.5, 0.6) is 0 Å². The fourth-order valence-electron chi connectivity index (χ4n) is 4.12. The molecular formula is C19H32N4O2. The molecule has 6 nitrogen and oxygen atoms in total. The average molecular weight is 348 g/mol. The Morgan fingerprint density at radius 2 is 1.48 bits per heavy atom. The Balaban J connectivity index is 1.88. The summed E-state index contributed by atoms with van der Waals surface area (Å²) >= 11 is 0. The zero-order valence-corrected chi connectivity index (χ0v) is 16.7. The number of rotatable bonds is 2. The van der Waals surface area contributed by atoms with Gasteiger partial charge in [0, 0.05) is 37.9 Å². The molecule has 3 heterocycles. The minimum absolute atomic E-state index is 0.166. The summed E-state index contributed by atoms with van der Waals surface area (Å²) in [7, 11) is 0. The molecular weight excluding hydrogens is 316 g/mol. The second-order valence-electron chi connectivity index (χ2n) is 8.81. The molecule has 25 heavy (non-hydrogen) atoms. The molecule has 1 aromatic rings. The Morgan fingerprint density at radius 1 is 0.960 bits per heavy atom. The monoisotopic (exact) mass is 348 g/mol. The summed E-state index contributed by atoms with van der Waals surface area (Å²) in [5.74, 6) is 1.81. The van der Waals surface area contributed by atoms with Crippen LogP contribution in [0, 0.1) is 6.92 Å². The van der Waals surface area contributed by atoms with Gasteiger partial charge in [-0.15, -0.1) is 0 Å². The molecule has 140 valence electrons. The molecule has 2 atom stereocenters. The Labute approximate surface area is 151 Å². The van der Waals surface area contributed by atoms with Crippen LogP contribution in [0.2, 0.25) is 0 Å². The summed E-state index contributed by atoms with van der Waals surface area (Å²) in [6.07, 6.45) is 2.29. The maximum absolute atomic E-state index is 6.04. The highest BCUT2D eigenvalue weighted by Gasteiger charge is 2.35. The Bertz CT molecular complexity index is 632. The summed E-state index contributed by atoms with van der Waals surface area (Å²) in [6.45, 7) is 18.1. The lowest BCUT2D eigenvalue weighted by molar-refractivity contribution is -0.0754. The van der Waals surface area contributed by atoms with E-state index in [2.05, 4.69) is 63.2 Å². The standard InChI is InChI=1S/C19H32N4O2/c1-13-8-20-17(23-10-15(3)25-19(6,7)12-23)21-16(13)22-9-14(2)24-18(4,5)11-22/h8,14-15H,9-12H2,1-7H3/t14-,15-/m0/s1. The molecule has 0 N–H and O–H groups in total. The molecule has 0 bridgehead atoms. The molecule has 6 heteroatoms. The van der Waals surface area contributed by atoms with Crippen molar-refractivity contribution in [3.05, 3.63) is 11.8 Å². The molecule has 0 spiro atoms. The van der Waals surface area contributed by atoms with Crippen molar-refractivity contribution in [3.8, 4) is 0 Å². The Hall–Kier alpha value is -1.40. The molecule has 1 aromatic heterocycles. The highest BCUT2D eigenvalue weighted by atomic mass is 16.5. The predicted molar refractivity (Wildman–Crippen MR) is 100 cm³/mol. The Kier molecular flexibility index (Phi) is 4.71. The molecule has 0 radical (unpaired) electrons. The van der Waals surface area contributed by atoms with E-state index in [1.807, 2.05) is 6.20 Å². The summed E-state index contributed by atoms with van der Waals surface area (Å²) in [5.41, 5.74) is 0.737. The van der Waals surface area contributed by atoms with Crippen molar-refractivity contribution in [1.82, 2.24) is 9.97 Å². The zero-order valence-electron chi connectivity index (χ0n) is 16.7. The number of morpholine rings is 2. The molecule has 2 aliphatic rings. The van der Waals surface area contributed by atoms with Gasteiger partial charge in [0.2, 0.25) is 5.95 Å². The predicted octanol–water partition coefficient (Wildman–Crippen LogP) is 2.79. The first-order valence-electron chi connectivity index (χ1n) is 9.24. The van der Waals surface area contributed by atoms with Gasteiger partial charge in [-0.25, -0.2) is 4.98 Å². The first-order chi connectivity index (χ1) is 11.5. The zero-order chi connectivity index (χ0) is 18.4. The fraction of sp³-hybridized carbons (Fsp3) is 0.789. The van der Waals surface area contributed by atoms with Crippen LogP contribution in [0.15, 0.2) is 6.20 Å². The fourth-order valence-corrected chi connectivity index (χ4v) is 4.12. The third-order valence-electron chi connectivity index (χ3n) is 4.65. The molecule has 0 aliphatic carbocycles. The molecule has 2 saturated heterocycles. The molecule has 0 unspecified atom stereocenters. The van der Waals surface area contributed by atoms with Gasteiger partial charge in [-0.2, -0.15) is 4.98 Å². The van der Waals surface area contributed by atoms with Gasteiger partial charge >= 0.3 is 0 Å². The van der Waals surface area contributed by atoms with E-state index in [-0.39, 0.29) is 23.4 Å². The van der Waals surface area contributed by atoms with Crippen molar-refractivity contribution in [2.45, 2.75) is 71.9 Å². The van der Waals surface area contributed by atoms with Crippen LogP contribution >= 0.6 is 0 Å². The number of nitrogens with zero attached hydrogens (tertiary/aromatic N) is 4. The van der Waals surface area contributed by atoms with Gasteiger partial charge in [0.1, 0.15) is 5.82 Å². The van der Waals surface area contributed by atoms with E-state index in [4.69, 9.17) is 14.5 Å². The highest BCUT2D eigenvalue weighted by molar-refractivity contribution is 5.51. The van der Waals surface area contributed by atoms with E-state index in [1.165, 1.54) is 0 Å². The van der Waals surface area contributed by atoms with Gasteiger partial charge in [-0.3, -0.25) is 0 Å². The number of hydrogen-bond donors (Lipinski definition) is 0. The highest BCUT2D eigenvalue weighted by Crippen LogP contribution is 2.29. The van der Waals surface area contributed by atoms with Crippen molar-refractivity contribution in [2.75, 3.05) is 36.0 Å². The lowest BCUT2D eigenvalue weighted by atomic mass is 10.1. The first-order valence-corrected chi connectivity index (χ1v) is 9.24. The van der Waals surface area contributed by atoms with Crippen LogP contribution in [0.25, 0.3) is 0 Å². The quantitative estimate of drug-likeness (QED) is 0.819. The Morgan fingerprint density at radius 3 is 2.04 bits per heavy atom. The molecule has 0 aromatic carbocycles. The average Bonchev–Trinajstić information content (AvgIpc) is 2.43. The summed E-state index contributed by atoms with van der Waals surface area (Å²) in [6, 6.07) is 0. The van der Waals surface area contributed by atoms with Crippen LogP contribution in [-0.2, 0) is 9.47 Å². The largest absolute Gasteiger partial charge is 0.369 e. The summed E-state index contributed by atoms with van der Waals surface area (Å²) in [4.78, 5) is 14.1. The van der Waals surface area contributed by atoms with Crippen molar-refractivity contribution in [2.24, 2.45) is 0 Å². The maximum Gasteiger partial charge on any atom is 0.227 e. The molecule has 0 saturated carbocycles.